The van der Waals surface area contributed by atoms with Crippen LogP contribution in [0.5, 0.6) is 0 Å². The Morgan fingerprint density at radius 3 is 1.54 bits per heavy atom. The predicted octanol–water partition coefficient (Wildman–Crippen LogP) is 3.99. The Morgan fingerprint density at radius 1 is 0.538 bits per heavy atom. The van der Waals surface area contributed by atoms with Gasteiger partial charge in [-0.1, -0.05) is 48.6 Å². The molecular weight excluding hydrogens is 156 g/mol. The number of hydrogen-bond acceptors (Lipinski definition) is 0. The van der Waals surface area contributed by atoms with Gasteiger partial charge in [0.05, 0.1) is 0 Å². The fourth-order valence-electron chi connectivity index (χ4n) is 1.14. The molecule has 1 aliphatic rings. The summed E-state index contributed by atoms with van der Waals surface area (Å²) in [7, 11) is 0. The van der Waals surface area contributed by atoms with Crippen LogP contribution in [0.1, 0.15) is 25.7 Å². The summed E-state index contributed by atoms with van der Waals surface area (Å²) in [5.41, 5.74) is 0. The molecule has 0 nitrogen and oxygen atoms in total. The van der Waals surface area contributed by atoms with Gasteiger partial charge < -0.3 is 0 Å². The fraction of sp³-hybridized carbons (Fsp3) is 0.308. The molecule has 0 saturated carbocycles. The Morgan fingerprint density at radius 2 is 1.00 bits per heavy atom. The van der Waals surface area contributed by atoms with Crippen molar-refractivity contribution in [2.24, 2.45) is 0 Å². The molecule has 1 radical (unpaired) electrons. The van der Waals surface area contributed by atoms with Gasteiger partial charge in [-0.3, -0.25) is 0 Å². The van der Waals surface area contributed by atoms with Gasteiger partial charge in [-0.2, -0.15) is 0 Å². The normalized spacial score (nSPS) is 28.9. The van der Waals surface area contributed by atoms with Crippen molar-refractivity contribution in [3.63, 3.8) is 0 Å². The predicted molar refractivity (Wildman–Crippen MR) is 59.3 cm³/mol. The van der Waals surface area contributed by atoms with Crippen LogP contribution in [0, 0.1) is 6.42 Å². The summed E-state index contributed by atoms with van der Waals surface area (Å²) in [4.78, 5) is 0. The molecule has 0 bridgehead atoms. The summed E-state index contributed by atoms with van der Waals surface area (Å²) in [5, 5.41) is 0. The molecule has 1 rings (SSSR count). The van der Waals surface area contributed by atoms with Crippen LogP contribution in [0.25, 0.3) is 0 Å². The quantitative estimate of drug-likeness (QED) is 0.519. The highest BCUT2D eigenvalue weighted by atomic mass is 13.9. The Labute approximate surface area is 81.4 Å². The third-order valence-electron chi connectivity index (χ3n) is 1.87. The van der Waals surface area contributed by atoms with Crippen molar-refractivity contribution in [1.29, 1.82) is 0 Å². The zero-order valence-corrected chi connectivity index (χ0v) is 8.02. The minimum Gasteiger partial charge on any atom is -0.0843 e. The summed E-state index contributed by atoms with van der Waals surface area (Å²) in [6.07, 6.45) is 24.0. The molecule has 0 amide bonds. The van der Waals surface area contributed by atoms with Crippen molar-refractivity contribution in [2.45, 2.75) is 25.7 Å². The lowest BCUT2D eigenvalue weighted by Crippen LogP contribution is -1.69. The lowest BCUT2D eigenvalue weighted by atomic mass is 10.2. The first-order chi connectivity index (χ1) is 6.50. The smallest absolute Gasteiger partial charge is 0.0310 e. The maximum atomic E-state index is 2.27. The first-order valence-electron chi connectivity index (χ1n) is 4.95. The van der Waals surface area contributed by atoms with E-state index < -0.39 is 0 Å². The van der Waals surface area contributed by atoms with Gasteiger partial charge in [-0.05, 0) is 32.1 Å². The van der Waals surface area contributed by atoms with Gasteiger partial charge in [0, 0.05) is 0 Å². The Bertz CT molecular complexity index is 192. The molecule has 0 fully saturated rings. The maximum Gasteiger partial charge on any atom is -0.0310 e. The van der Waals surface area contributed by atoms with Gasteiger partial charge in [0.15, 0.2) is 0 Å². The Hall–Kier alpha value is -1.04. The SMILES string of the molecule is [CH]1C/C=C\C=C\CC/C=C/C=C/C1. The molecule has 0 spiro atoms. The fourth-order valence-corrected chi connectivity index (χ4v) is 1.14. The Kier molecular flexibility index (Phi) is 5.87. The van der Waals surface area contributed by atoms with E-state index in [9.17, 15) is 0 Å². The average Bonchev–Trinajstić information content (AvgIpc) is 2.18. The van der Waals surface area contributed by atoms with E-state index in [1.807, 2.05) is 0 Å². The van der Waals surface area contributed by atoms with Gasteiger partial charge in [0.2, 0.25) is 0 Å². The molecule has 0 aliphatic heterocycles. The minimum atomic E-state index is 1.07. The van der Waals surface area contributed by atoms with Gasteiger partial charge in [0.25, 0.3) is 0 Å². The molecule has 0 aromatic heterocycles. The molecule has 0 heteroatoms. The third kappa shape index (κ3) is 6.15. The highest BCUT2D eigenvalue weighted by Crippen LogP contribution is 2.00. The first kappa shape index (κ1) is 10.0. The van der Waals surface area contributed by atoms with Crippen LogP contribution in [-0.2, 0) is 0 Å². The topological polar surface area (TPSA) is 0 Å². The minimum absolute atomic E-state index is 1.07. The lowest BCUT2D eigenvalue weighted by molar-refractivity contribution is 1.05. The molecule has 0 heterocycles. The maximum absolute atomic E-state index is 2.27. The van der Waals surface area contributed by atoms with E-state index in [2.05, 4.69) is 55.0 Å². The van der Waals surface area contributed by atoms with Crippen molar-refractivity contribution < 1.29 is 0 Å². The van der Waals surface area contributed by atoms with Crippen molar-refractivity contribution in [3.8, 4) is 0 Å². The second-order valence-electron chi connectivity index (χ2n) is 3.05. The average molecular weight is 173 g/mol. The first-order valence-corrected chi connectivity index (χ1v) is 4.95. The van der Waals surface area contributed by atoms with Crippen LogP contribution >= 0.6 is 0 Å². The van der Waals surface area contributed by atoms with Crippen molar-refractivity contribution >= 4 is 0 Å². The highest BCUT2D eigenvalue weighted by molar-refractivity contribution is 5.08. The molecule has 0 aromatic carbocycles. The Balaban J connectivity index is 2.38. The zero-order valence-electron chi connectivity index (χ0n) is 8.02. The highest BCUT2D eigenvalue weighted by Gasteiger charge is 1.81. The van der Waals surface area contributed by atoms with E-state index in [-0.39, 0.29) is 0 Å². The van der Waals surface area contributed by atoms with Crippen molar-refractivity contribution in [3.05, 3.63) is 55.0 Å². The van der Waals surface area contributed by atoms with Gasteiger partial charge in [0.1, 0.15) is 0 Å². The summed E-state index contributed by atoms with van der Waals surface area (Å²) in [5.74, 6) is 0. The number of allylic oxidation sites excluding steroid dienone is 8. The second kappa shape index (κ2) is 7.60. The van der Waals surface area contributed by atoms with Crippen molar-refractivity contribution in [2.75, 3.05) is 0 Å². The van der Waals surface area contributed by atoms with Crippen molar-refractivity contribution in [1.82, 2.24) is 0 Å². The van der Waals surface area contributed by atoms with E-state index in [0.717, 1.165) is 25.7 Å². The zero-order chi connectivity index (χ0) is 9.19. The van der Waals surface area contributed by atoms with E-state index in [0.29, 0.717) is 0 Å². The van der Waals surface area contributed by atoms with Gasteiger partial charge >= 0.3 is 0 Å². The van der Waals surface area contributed by atoms with Crippen LogP contribution in [0.15, 0.2) is 48.6 Å². The number of hydrogen-bond donors (Lipinski definition) is 0. The standard InChI is InChI=1S/C13H17/c1-2-4-6-8-10-12-13-11-9-7-5-3-1/h1-4,7,10-13H,5-6,8-9H2/b3-1-,4-2+,12-10+,13-11+. The second-order valence-corrected chi connectivity index (χ2v) is 3.05. The molecule has 0 unspecified atom stereocenters. The summed E-state index contributed by atoms with van der Waals surface area (Å²) in [6.45, 7) is 0. The van der Waals surface area contributed by atoms with Crippen LogP contribution < -0.4 is 0 Å². The molecular formula is C13H17. The van der Waals surface area contributed by atoms with Crippen LogP contribution in [0.2, 0.25) is 0 Å². The summed E-state index contributed by atoms with van der Waals surface area (Å²) < 4.78 is 0. The third-order valence-corrected chi connectivity index (χ3v) is 1.87. The van der Waals surface area contributed by atoms with E-state index in [1.165, 1.54) is 0 Å². The van der Waals surface area contributed by atoms with Gasteiger partial charge in [-0.15, -0.1) is 0 Å². The monoisotopic (exact) mass is 173 g/mol. The van der Waals surface area contributed by atoms with E-state index in [4.69, 9.17) is 0 Å². The lowest BCUT2D eigenvalue weighted by Gasteiger charge is -1.87. The van der Waals surface area contributed by atoms with E-state index >= 15 is 0 Å². The van der Waals surface area contributed by atoms with Crippen LogP contribution in [0.4, 0.5) is 0 Å². The molecule has 13 heavy (non-hydrogen) atoms. The molecule has 0 atom stereocenters. The summed E-state index contributed by atoms with van der Waals surface area (Å²) in [6, 6.07) is 0. The summed E-state index contributed by atoms with van der Waals surface area (Å²) >= 11 is 0. The van der Waals surface area contributed by atoms with Crippen LogP contribution in [0.3, 0.4) is 0 Å². The van der Waals surface area contributed by atoms with E-state index in [1.54, 1.807) is 0 Å². The molecule has 1 aliphatic carbocycles. The molecule has 0 saturated heterocycles. The molecule has 0 aromatic rings. The number of rotatable bonds is 0. The van der Waals surface area contributed by atoms with Gasteiger partial charge in [-0.25, -0.2) is 0 Å². The molecule has 69 valence electrons. The molecule has 0 N–H and O–H groups in total. The largest absolute Gasteiger partial charge is 0.0843 e. The van der Waals surface area contributed by atoms with Crippen LogP contribution in [-0.4, -0.2) is 0 Å².